The van der Waals surface area contributed by atoms with Crippen molar-refractivity contribution >= 4 is 10.0 Å². The Morgan fingerprint density at radius 3 is 2.65 bits per heavy atom. The summed E-state index contributed by atoms with van der Waals surface area (Å²) in [7, 11) is -1.30. The molecule has 1 heterocycles. The monoisotopic (exact) mass is 298 g/mol. The first kappa shape index (κ1) is 15.4. The van der Waals surface area contributed by atoms with E-state index in [1.807, 2.05) is 14.0 Å². The van der Waals surface area contributed by atoms with Crippen molar-refractivity contribution in [3.63, 3.8) is 0 Å². The van der Waals surface area contributed by atoms with E-state index < -0.39 is 10.0 Å². The average Bonchev–Trinajstić information content (AvgIpc) is 2.37. The molecule has 0 spiro atoms. The molecule has 5 nitrogen and oxygen atoms in total. The fourth-order valence-electron chi connectivity index (χ4n) is 2.65. The summed E-state index contributed by atoms with van der Waals surface area (Å²) < 4.78 is 26.6. The molecule has 1 N–H and O–H groups in total. The van der Waals surface area contributed by atoms with Crippen LogP contribution in [0.15, 0.2) is 24.3 Å². The van der Waals surface area contributed by atoms with Crippen molar-refractivity contribution in [2.75, 3.05) is 26.7 Å². The second-order valence-electron chi connectivity index (χ2n) is 5.46. The van der Waals surface area contributed by atoms with Crippen molar-refractivity contribution in [1.82, 2.24) is 9.21 Å². The van der Waals surface area contributed by atoms with Gasteiger partial charge in [0, 0.05) is 25.7 Å². The molecule has 0 radical (unpaired) electrons. The van der Waals surface area contributed by atoms with Crippen LogP contribution >= 0.6 is 0 Å². The van der Waals surface area contributed by atoms with Gasteiger partial charge in [-0.25, -0.2) is 8.42 Å². The molecule has 20 heavy (non-hydrogen) atoms. The van der Waals surface area contributed by atoms with Crippen molar-refractivity contribution in [3.05, 3.63) is 35.4 Å². The summed E-state index contributed by atoms with van der Waals surface area (Å²) in [4.78, 5) is 2.14. The molecule has 112 valence electrons. The number of piperazine rings is 1. The molecule has 0 bridgehead atoms. The summed E-state index contributed by atoms with van der Waals surface area (Å²) in [6, 6.07) is 7.11. The van der Waals surface area contributed by atoms with Crippen LogP contribution in [0.4, 0.5) is 0 Å². The Balaban J connectivity index is 2.14. The molecule has 0 saturated carbocycles. The van der Waals surface area contributed by atoms with Gasteiger partial charge in [0.05, 0.1) is 12.4 Å². The molecule has 1 aliphatic rings. The number of sulfonamides is 1. The molecule has 0 aliphatic carbocycles. The van der Waals surface area contributed by atoms with Gasteiger partial charge in [0.2, 0.25) is 10.0 Å². The summed E-state index contributed by atoms with van der Waals surface area (Å²) >= 11 is 0. The van der Waals surface area contributed by atoms with Crippen LogP contribution in [0.2, 0.25) is 0 Å². The summed E-state index contributed by atoms with van der Waals surface area (Å²) in [5.74, 6) is -0.00507. The largest absolute Gasteiger partial charge is 0.392 e. The van der Waals surface area contributed by atoms with E-state index >= 15 is 0 Å². The van der Waals surface area contributed by atoms with Crippen molar-refractivity contribution < 1.29 is 13.5 Å². The van der Waals surface area contributed by atoms with Gasteiger partial charge in [0.15, 0.2) is 0 Å². The molecule has 1 aromatic rings. The number of aliphatic hydroxyl groups excluding tert-OH is 1. The Labute approximate surface area is 120 Å². The maximum absolute atomic E-state index is 12.5. The Morgan fingerprint density at radius 2 is 2.00 bits per heavy atom. The minimum absolute atomic E-state index is 0.000209. The van der Waals surface area contributed by atoms with Crippen LogP contribution in [0.25, 0.3) is 0 Å². The molecule has 1 aliphatic heterocycles. The van der Waals surface area contributed by atoms with E-state index in [9.17, 15) is 8.42 Å². The highest BCUT2D eigenvalue weighted by Crippen LogP contribution is 2.18. The van der Waals surface area contributed by atoms with Gasteiger partial charge in [-0.3, -0.25) is 0 Å². The predicted octanol–water partition coefficient (Wildman–Crippen LogP) is 0.645. The van der Waals surface area contributed by atoms with E-state index in [0.29, 0.717) is 6.54 Å². The van der Waals surface area contributed by atoms with E-state index in [1.165, 1.54) is 0 Å². The summed E-state index contributed by atoms with van der Waals surface area (Å²) in [5.41, 5.74) is 1.46. The van der Waals surface area contributed by atoms with Gasteiger partial charge >= 0.3 is 0 Å². The Hall–Kier alpha value is -0.950. The second kappa shape index (κ2) is 6.22. The SMILES string of the molecule is CC1CN(C)CCN1S(=O)(=O)Cc1cccc(CO)c1. The van der Waals surface area contributed by atoms with Gasteiger partial charge in [-0.2, -0.15) is 4.31 Å². The third-order valence-corrected chi connectivity index (χ3v) is 5.61. The molecule has 0 amide bonds. The molecule has 1 fully saturated rings. The fraction of sp³-hybridized carbons (Fsp3) is 0.571. The standard InChI is InChI=1S/C14H22N2O3S/c1-12-9-15(2)6-7-16(12)20(18,19)11-14-5-3-4-13(8-14)10-17/h3-5,8,12,17H,6-7,9-11H2,1-2H3. The predicted molar refractivity (Wildman–Crippen MR) is 78.7 cm³/mol. The van der Waals surface area contributed by atoms with Crippen molar-refractivity contribution in [2.24, 2.45) is 0 Å². The number of benzene rings is 1. The first-order chi connectivity index (χ1) is 9.42. The summed E-state index contributed by atoms with van der Waals surface area (Å²) in [6.07, 6.45) is 0. The zero-order valence-electron chi connectivity index (χ0n) is 12.0. The fourth-order valence-corrected chi connectivity index (χ4v) is 4.39. The molecule has 0 aromatic heterocycles. The van der Waals surface area contributed by atoms with E-state index in [4.69, 9.17) is 5.11 Å². The highest BCUT2D eigenvalue weighted by molar-refractivity contribution is 7.88. The zero-order chi connectivity index (χ0) is 14.8. The zero-order valence-corrected chi connectivity index (χ0v) is 12.8. The topological polar surface area (TPSA) is 60.9 Å². The minimum Gasteiger partial charge on any atom is -0.392 e. The smallest absolute Gasteiger partial charge is 0.218 e. The van der Waals surface area contributed by atoms with E-state index in [-0.39, 0.29) is 18.4 Å². The molecule has 1 saturated heterocycles. The molecule has 2 rings (SSSR count). The quantitative estimate of drug-likeness (QED) is 0.886. The third-order valence-electron chi connectivity index (χ3n) is 3.65. The van der Waals surface area contributed by atoms with E-state index in [2.05, 4.69) is 4.90 Å². The van der Waals surface area contributed by atoms with Gasteiger partial charge < -0.3 is 10.0 Å². The number of hydrogen-bond acceptors (Lipinski definition) is 4. The van der Waals surface area contributed by atoms with Gasteiger partial charge in [0.1, 0.15) is 0 Å². The van der Waals surface area contributed by atoms with Crippen LogP contribution < -0.4 is 0 Å². The lowest BCUT2D eigenvalue weighted by Crippen LogP contribution is -2.52. The van der Waals surface area contributed by atoms with Crippen LogP contribution in [0.3, 0.4) is 0 Å². The number of rotatable bonds is 4. The van der Waals surface area contributed by atoms with Gasteiger partial charge in [-0.15, -0.1) is 0 Å². The van der Waals surface area contributed by atoms with E-state index in [1.54, 1.807) is 28.6 Å². The van der Waals surface area contributed by atoms with Crippen molar-refractivity contribution in [1.29, 1.82) is 0 Å². The Morgan fingerprint density at radius 1 is 1.30 bits per heavy atom. The van der Waals surface area contributed by atoms with Crippen molar-refractivity contribution in [3.8, 4) is 0 Å². The molecule has 1 atom stereocenters. The Bertz CT molecular complexity index is 559. The number of aliphatic hydroxyl groups is 1. The first-order valence-electron chi connectivity index (χ1n) is 6.79. The molecule has 6 heteroatoms. The minimum atomic E-state index is -3.31. The number of nitrogens with zero attached hydrogens (tertiary/aromatic N) is 2. The maximum Gasteiger partial charge on any atom is 0.218 e. The highest BCUT2D eigenvalue weighted by atomic mass is 32.2. The van der Waals surface area contributed by atoms with E-state index in [0.717, 1.165) is 24.2 Å². The van der Waals surface area contributed by atoms with Crippen LogP contribution in [0.5, 0.6) is 0 Å². The lowest BCUT2D eigenvalue weighted by Gasteiger charge is -2.37. The maximum atomic E-state index is 12.5. The van der Waals surface area contributed by atoms with Crippen LogP contribution in [-0.4, -0.2) is 55.5 Å². The highest BCUT2D eigenvalue weighted by Gasteiger charge is 2.31. The number of likely N-dealkylation sites (N-methyl/N-ethyl adjacent to an activating group) is 1. The molecule has 1 unspecified atom stereocenters. The van der Waals surface area contributed by atoms with Gasteiger partial charge in [-0.1, -0.05) is 24.3 Å². The van der Waals surface area contributed by atoms with Crippen LogP contribution in [0, 0.1) is 0 Å². The molecular weight excluding hydrogens is 276 g/mol. The number of hydrogen-bond donors (Lipinski definition) is 1. The lowest BCUT2D eigenvalue weighted by molar-refractivity contribution is 0.170. The Kier molecular flexibility index (Phi) is 4.80. The summed E-state index contributed by atoms with van der Waals surface area (Å²) in [5, 5.41) is 9.11. The third kappa shape index (κ3) is 3.58. The molecule has 1 aromatic carbocycles. The van der Waals surface area contributed by atoms with Crippen LogP contribution in [0.1, 0.15) is 18.1 Å². The normalized spacial score (nSPS) is 22.1. The first-order valence-corrected chi connectivity index (χ1v) is 8.40. The lowest BCUT2D eigenvalue weighted by atomic mass is 10.1. The molecular formula is C14H22N2O3S. The van der Waals surface area contributed by atoms with Gasteiger partial charge in [-0.05, 0) is 25.1 Å². The average molecular weight is 298 g/mol. The van der Waals surface area contributed by atoms with Crippen LogP contribution in [-0.2, 0) is 22.4 Å². The van der Waals surface area contributed by atoms with Gasteiger partial charge in [0.25, 0.3) is 0 Å². The summed E-state index contributed by atoms with van der Waals surface area (Å²) in [6.45, 7) is 3.94. The van der Waals surface area contributed by atoms with Crippen molar-refractivity contribution in [2.45, 2.75) is 25.3 Å². The second-order valence-corrected chi connectivity index (χ2v) is 7.38.